The summed E-state index contributed by atoms with van der Waals surface area (Å²) in [5.41, 5.74) is 7.91. The van der Waals surface area contributed by atoms with E-state index in [2.05, 4.69) is 32.9 Å². The van der Waals surface area contributed by atoms with Gasteiger partial charge in [0.15, 0.2) is 17.5 Å². The van der Waals surface area contributed by atoms with E-state index in [1.807, 2.05) is 54.4 Å². The maximum atomic E-state index is 6.04. The molecular weight excluding hydrogens is 419 g/mol. The minimum atomic E-state index is 0.357. The van der Waals surface area contributed by atoms with E-state index in [1.165, 1.54) is 3.57 Å². The number of hydrogen-bond donors (Lipinski definition) is 2. The van der Waals surface area contributed by atoms with Gasteiger partial charge >= 0.3 is 0 Å². The second-order valence-corrected chi connectivity index (χ2v) is 6.20. The Morgan fingerprint density at radius 1 is 1.12 bits per heavy atom. The largest absolute Gasteiger partial charge is 0.493 e. The van der Waals surface area contributed by atoms with Crippen molar-refractivity contribution in [1.29, 1.82) is 0 Å². The highest BCUT2D eigenvalue weighted by atomic mass is 127. The molecule has 0 aromatic heterocycles. The maximum absolute atomic E-state index is 6.04. The molecule has 0 aliphatic heterocycles. The topological polar surface area (TPSA) is 72.1 Å². The molecule has 0 radical (unpaired) electrons. The van der Waals surface area contributed by atoms with Crippen molar-refractivity contribution in [3.63, 3.8) is 0 Å². The Labute approximate surface area is 155 Å². The van der Waals surface area contributed by atoms with Crippen molar-refractivity contribution in [2.75, 3.05) is 38.2 Å². The summed E-state index contributed by atoms with van der Waals surface area (Å²) in [5.74, 6) is 1.78. The molecular formula is C17H21IN4O2. The van der Waals surface area contributed by atoms with Crippen LogP contribution in [0.1, 0.15) is 0 Å². The van der Waals surface area contributed by atoms with Gasteiger partial charge in [0.1, 0.15) is 6.67 Å². The summed E-state index contributed by atoms with van der Waals surface area (Å²) < 4.78 is 11.7. The number of ether oxygens (including phenoxy) is 2. The quantitative estimate of drug-likeness (QED) is 0.411. The lowest BCUT2D eigenvalue weighted by Crippen LogP contribution is -2.34. The number of nitrogens with one attached hydrogen (secondary N) is 1. The lowest BCUT2D eigenvalue weighted by Gasteiger charge is -2.18. The second kappa shape index (κ2) is 8.62. The van der Waals surface area contributed by atoms with Crippen LogP contribution in [0.5, 0.6) is 11.5 Å². The molecule has 2 aromatic carbocycles. The van der Waals surface area contributed by atoms with Crippen LogP contribution in [-0.2, 0) is 0 Å². The van der Waals surface area contributed by atoms with Crippen molar-refractivity contribution in [2.45, 2.75) is 0 Å². The standard InChI is InChI=1S/C17H21IN4O2/c1-22(14-7-4-12(18)5-8-14)17(19)21-11-20-13-6-9-15(23-2)16(10-13)24-3/h4-10,20H,11H2,1-3H3,(H2,19,21). The first kappa shape index (κ1) is 18.2. The predicted molar refractivity (Wildman–Crippen MR) is 107 cm³/mol. The van der Waals surface area contributed by atoms with Crippen LogP contribution in [0.4, 0.5) is 11.4 Å². The molecule has 0 heterocycles. The number of benzene rings is 2. The Hall–Kier alpha value is -2.16. The monoisotopic (exact) mass is 440 g/mol. The SMILES string of the molecule is COc1ccc(NCN=C(N)N(C)c2ccc(I)cc2)cc1OC. The number of nitrogens with zero attached hydrogens (tertiary/aromatic N) is 2. The zero-order valence-electron chi connectivity index (χ0n) is 13.9. The number of halogens is 1. The Morgan fingerprint density at radius 2 is 1.79 bits per heavy atom. The Kier molecular flexibility index (Phi) is 6.53. The van der Waals surface area contributed by atoms with Crippen LogP contribution < -0.4 is 25.4 Å². The summed E-state index contributed by atoms with van der Waals surface area (Å²) in [6, 6.07) is 13.7. The third kappa shape index (κ3) is 4.67. The van der Waals surface area contributed by atoms with Gasteiger partial charge in [-0.15, -0.1) is 0 Å². The van der Waals surface area contributed by atoms with Crippen LogP contribution in [0.3, 0.4) is 0 Å². The fourth-order valence-corrected chi connectivity index (χ4v) is 2.42. The first-order valence-electron chi connectivity index (χ1n) is 7.30. The molecule has 2 rings (SSSR count). The van der Waals surface area contributed by atoms with E-state index in [1.54, 1.807) is 14.2 Å². The fraction of sp³-hybridized carbons (Fsp3) is 0.235. The molecule has 128 valence electrons. The molecule has 0 atom stereocenters. The van der Waals surface area contributed by atoms with E-state index >= 15 is 0 Å². The molecule has 2 aromatic rings. The molecule has 3 N–H and O–H groups in total. The fourth-order valence-electron chi connectivity index (χ4n) is 2.06. The molecule has 0 bridgehead atoms. The van der Waals surface area contributed by atoms with E-state index in [0.717, 1.165) is 11.4 Å². The lowest BCUT2D eigenvalue weighted by molar-refractivity contribution is 0.355. The van der Waals surface area contributed by atoms with Crippen LogP contribution in [0, 0.1) is 3.57 Å². The third-order valence-electron chi connectivity index (χ3n) is 3.47. The van der Waals surface area contributed by atoms with Crippen molar-refractivity contribution in [3.8, 4) is 11.5 Å². The van der Waals surface area contributed by atoms with E-state index in [-0.39, 0.29) is 0 Å². The molecule has 0 unspecified atom stereocenters. The van der Waals surface area contributed by atoms with E-state index in [0.29, 0.717) is 24.1 Å². The smallest absolute Gasteiger partial charge is 0.197 e. The van der Waals surface area contributed by atoms with Crippen molar-refractivity contribution in [2.24, 2.45) is 10.7 Å². The summed E-state index contributed by atoms with van der Waals surface area (Å²) in [6.07, 6.45) is 0. The zero-order chi connectivity index (χ0) is 17.5. The van der Waals surface area contributed by atoms with E-state index in [4.69, 9.17) is 15.2 Å². The Balaban J connectivity index is 1.98. The summed E-state index contributed by atoms with van der Waals surface area (Å²) in [6.45, 7) is 0.357. The molecule has 24 heavy (non-hydrogen) atoms. The zero-order valence-corrected chi connectivity index (χ0v) is 16.1. The van der Waals surface area contributed by atoms with Gasteiger partial charge in [0.2, 0.25) is 0 Å². The maximum Gasteiger partial charge on any atom is 0.197 e. The Bertz CT molecular complexity index is 704. The van der Waals surface area contributed by atoms with Crippen LogP contribution in [0.15, 0.2) is 47.5 Å². The van der Waals surface area contributed by atoms with Gasteiger partial charge < -0.3 is 25.4 Å². The summed E-state index contributed by atoms with van der Waals surface area (Å²) in [7, 11) is 5.10. The molecule has 0 amide bonds. The van der Waals surface area contributed by atoms with E-state index < -0.39 is 0 Å². The lowest BCUT2D eigenvalue weighted by atomic mass is 10.3. The van der Waals surface area contributed by atoms with Crippen LogP contribution in [0.2, 0.25) is 0 Å². The van der Waals surface area contributed by atoms with Crippen LogP contribution in [-0.4, -0.2) is 33.9 Å². The molecule has 0 aliphatic carbocycles. The van der Waals surface area contributed by atoms with Crippen molar-refractivity contribution >= 4 is 39.9 Å². The van der Waals surface area contributed by atoms with E-state index in [9.17, 15) is 0 Å². The highest BCUT2D eigenvalue weighted by Crippen LogP contribution is 2.29. The van der Waals surface area contributed by atoms with Gasteiger partial charge in [-0.3, -0.25) is 0 Å². The molecule has 0 aliphatic rings. The van der Waals surface area contributed by atoms with Crippen LogP contribution in [0.25, 0.3) is 0 Å². The molecule has 0 spiro atoms. The Morgan fingerprint density at radius 3 is 2.42 bits per heavy atom. The van der Waals surface area contributed by atoms with Gasteiger partial charge in [-0.2, -0.15) is 0 Å². The molecule has 0 saturated carbocycles. The van der Waals surface area contributed by atoms with Crippen molar-refractivity contribution in [1.82, 2.24) is 0 Å². The number of guanidine groups is 1. The average molecular weight is 440 g/mol. The number of rotatable bonds is 6. The second-order valence-electron chi connectivity index (χ2n) is 4.96. The number of hydrogen-bond acceptors (Lipinski definition) is 4. The minimum absolute atomic E-state index is 0.357. The van der Waals surface area contributed by atoms with Gasteiger partial charge in [0, 0.05) is 28.1 Å². The van der Waals surface area contributed by atoms with Crippen molar-refractivity contribution in [3.05, 3.63) is 46.0 Å². The summed E-state index contributed by atoms with van der Waals surface area (Å²) in [4.78, 5) is 6.19. The first-order chi connectivity index (χ1) is 11.5. The summed E-state index contributed by atoms with van der Waals surface area (Å²) >= 11 is 2.27. The molecule has 0 saturated heterocycles. The average Bonchev–Trinajstić information content (AvgIpc) is 2.61. The van der Waals surface area contributed by atoms with Gasteiger partial charge in [-0.1, -0.05) is 0 Å². The first-order valence-corrected chi connectivity index (χ1v) is 8.38. The molecule has 0 fully saturated rings. The van der Waals surface area contributed by atoms with Gasteiger partial charge in [0.05, 0.1) is 14.2 Å². The molecule has 7 heteroatoms. The molecule has 6 nitrogen and oxygen atoms in total. The third-order valence-corrected chi connectivity index (χ3v) is 4.18. The van der Waals surface area contributed by atoms with Gasteiger partial charge in [-0.25, -0.2) is 4.99 Å². The normalized spacial score (nSPS) is 11.1. The summed E-state index contributed by atoms with van der Waals surface area (Å²) in [5, 5.41) is 3.19. The highest BCUT2D eigenvalue weighted by molar-refractivity contribution is 14.1. The van der Waals surface area contributed by atoms with Crippen LogP contribution >= 0.6 is 22.6 Å². The number of methoxy groups -OCH3 is 2. The minimum Gasteiger partial charge on any atom is -0.493 e. The van der Waals surface area contributed by atoms with Gasteiger partial charge in [-0.05, 0) is 59.0 Å². The number of nitrogens with two attached hydrogens (primary N) is 1. The van der Waals surface area contributed by atoms with Gasteiger partial charge in [0.25, 0.3) is 0 Å². The number of anilines is 2. The predicted octanol–water partition coefficient (Wildman–Crippen LogP) is 3.13. The number of aliphatic imine (C=N–C) groups is 1. The highest BCUT2D eigenvalue weighted by Gasteiger charge is 2.06. The van der Waals surface area contributed by atoms with Crippen molar-refractivity contribution < 1.29 is 9.47 Å².